The van der Waals surface area contributed by atoms with Gasteiger partial charge in [0, 0.05) is 36.3 Å². The molecule has 1 aromatic rings. The van der Waals surface area contributed by atoms with Gasteiger partial charge < -0.3 is 16.0 Å². The maximum Gasteiger partial charge on any atom is 0.253 e. The summed E-state index contributed by atoms with van der Waals surface area (Å²) in [5.41, 5.74) is 7.21. The number of rotatable bonds is 5. The number of amides is 2. The second kappa shape index (κ2) is 8.89. The van der Waals surface area contributed by atoms with E-state index in [1.54, 1.807) is 29.2 Å². The van der Waals surface area contributed by atoms with Crippen LogP contribution >= 0.6 is 12.4 Å². The smallest absolute Gasteiger partial charge is 0.253 e. The number of anilines is 1. The van der Waals surface area contributed by atoms with Crippen molar-refractivity contribution in [2.75, 3.05) is 18.4 Å². The third-order valence-electron chi connectivity index (χ3n) is 4.29. The summed E-state index contributed by atoms with van der Waals surface area (Å²) in [7, 11) is 0. The minimum atomic E-state index is 0. The molecule has 0 bridgehead atoms. The zero-order chi connectivity index (χ0) is 16.1. The summed E-state index contributed by atoms with van der Waals surface area (Å²) < 4.78 is 0. The Hall–Kier alpha value is -1.59. The van der Waals surface area contributed by atoms with Crippen LogP contribution in [0.1, 0.15) is 43.5 Å². The molecule has 0 heterocycles. The third kappa shape index (κ3) is 4.94. The van der Waals surface area contributed by atoms with Crippen molar-refractivity contribution in [2.45, 2.75) is 39.2 Å². The van der Waals surface area contributed by atoms with E-state index in [1.807, 2.05) is 13.8 Å². The van der Waals surface area contributed by atoms with E-state index in [9.17, 15) is 9.59 Å². The number of benzene rings is 1. The monoisotopic (exact) mass is 339 g/mol. The number of nitrogens with zero attached hydrogens (tertiary/aromatic N) is 1. The molecule has 0 aromatic heterocycles. The number of carbonyl (C=O) groups excluding carboxylic acids is 2. The van der Waals surface area contributed by atoms with Crippen molar-refractivity contribution in [2.24, 2.45) is 11.7 Å². The molecule has 0 radical (unpaired) electrons. The Bertz CT molecular complexity index is 529. The van der Waals surface area contributed by atoms with E-state index in [-0.39, 0.29) is 36.2 Å². The fourth-order valence-electron chi connectivity index (χ4n) is 2.89. The number of nitrogens with two attached hydrogens (primary N) is 1. The summed E-state index contributed by atoms with van der Waals surface area (Å²) in [6, 6.07) is 7.23. The van der Waals surface area contributed by atoms with Crippen LogP contribution < -0.4 is 11.1 Å². The van der Waals surface area contributed by atoms with Crippen LogP contribution in [0.4, 0.5) is 5.69 Å². The molecule has 0 saturated heterocycles. The molecule has 23 heavy (non-hydrogen) atoms. The minimum Gasteiger partial charge on any atom is -0.339 e. The molecule has 1 aliphatic rings. The molecule has 6 heteroatoms. The van der Waals surface area contributed by atoms with E-state index >= 15 is 0 Å². The predicted octanol–water partition coefficient (Wildman–Crippen LogP) is 2.66. The van der Waals surface area contributed by atoms with Gasteiger partial charge in [-0.1, -0.05) is 0 Å². The Morgan fingerprint density at radius 2 is 1.78 bits per heavy atom. The third-order valence-corrected chi connectivity index (χ3v) is 4.29. The molecule has 2 atom stereocenters. The van der Waals surface area contributed by atoms with E-state index in [1.165, 1.54) is 0 Å². The first kappa shape index (κ1) is 19.5. The normalized spacial score (nSPS) is 19.8. The van der Waals surface area contributed by atoms with Gasteiger partial charge in [-0.15, -0.1) is 12.4 Å². The van der Waals surface area contributed by atoms with Gasteiger partial charge in [0.2, 0.25) is 5.91 Å². The lowest BCUT2D eigenvalue weighted by atomic mass is 10.1. The topological polar surface area (TPSA) is 75.4 Å². The van der Waals surface area contributed by atoms with Crippen LogP contribution in [0.25, 0.3) is 0 Å². The lowest BCUT2D eigenvalue weighted by Crippen LogP contribution is -2.30. The fourth-order valence-corrected chi connectivity index (χ4v) is 2.89. The molecule has 2 rings (SSSR count). The first-order valence-electron chi connectivity index (χ1n) is 8.00. The molecule has 0 aliphatic heterocycles. The molecule has 1 fully saturated rings. The predicted molar refractivity (Wildman–Crippen MR) is 94.9 cm³/mol. The van der Waals surface area contributed by atoms with Crippen molar-refractivity contribution in [3.05, 3.63) is 29.8 Å². The second-order valence-electron chi connectivity index (χ2n) is 5.81. The van der Waals surface area contributed by atoms with E-state index in [2.05, 4.69) is 5.32 Å². The van der Waals surface area contributed by atoms with Gasteiger partial charge in [-0.2, -0.15) is 0 Å². The number of hydrogen-bond donors (Lipinski definition) is 2. The van der Waals surface area contributed by atoms with Crippen LogP contribution in [-0.2, 0) is 4.79 Å². The van der Waals surface area contributed by atoms with Crippen molar-refractivity contribution < 1.29 is 9.59 Å². The first-order chi connectivity index (χ1) is 10.5. The average Bonchev–Trinajstić information content (AvgIpc) is 2.96. The summed E-state index contributed by atoms with van der Waals surface area (Å²) >= 11 is 0. The molecule has 128 valence electrons. The fraction of sp³-hybridized carbons (Fsp3) is 0.529. The highest BCUT2D eigenvalue weighted by Crippen LogP contribution is 2.25. The van der Waals surface area contributed by atoms with Gasteiger partial charge in [0.05, 0.1) is 0 Å². The van der Waals surface area contributed by atoms with Gasteiger partial charge in [0.1, 0.15) is 0 Å². The molecule has 1 aromatic carbocycles. The standard InChI is InChI=1S/C17H25N3O2.ClH/c1-3-20(4-2)17(22)12-6-9-15(10-7-12)19-16(21)13-5-8-14(18)11-13;/h6-7,9-10,13-14H,3-5,8,11,18H2,1-2H3,(H,19,21);1H. The summed E-state index contributed by atoms with van der Waals surface area (Å²) in [4.78, 5) is 26.1. The van der Waals surface area contributed by atoms with Crippen molar-refractivity contribution in [1.82, 2.24) is 4.90 Å². The van der Waals surface area contributed by atoms with Gasteiger partial charge in [-0.05, 0) is 57.4 Å². The van der Waals surface area contributed by atoms with E-state index in [0.29, 0.717) is 18.7 Å². The van der Waals surface area contributed by atoms with Gasteiger partial charge >= 0.3 is 0 Å². The second-order valence-corrected chi connectivity index (χ2v) is 5.81. The molecule has 2 amide bonds. The van der Waals surface area contributed by atoms with Crippen LogP contribution in [0.5, 0.6) is 0 Å². The molecular weight excluding hydrogens is 314 g/mol. The van der Waals surface area contributed by atoms with E-state index < -0.39 is 0 Å². The van der Waals surface area contributed by atoms with Crippen molar-refractivity contribution in [3.63, 3.8) is 0 Å². The van der Waals surface area contributed by atoms with Gasteiger partial charge in [0.15, 0.2) is 0 Å². The Balaban J connectivity index is 0.00000264. The summed E-state index contributed by atoms with van der Waals surface area (Å²) in [6.45, 7) is 5.30. The molecular formula is C17H26ClN3O2. The molecule has 1 saturated carbocycles. The Morgan fingerprint density at radius 3 is 2.26 bits per heavy atom. The maximum absolute atomic E-state index is 12.2. The lowest BCUT2D eigenvalue weighted by Gasteiger charge is -2.18. The Morgan fingerprint density at radius 1 is 1.17 bits per heavy atom. The highest BCUT2D eigenvalue weighted by Gasteiger charge is 2.27. The maximum atomic E-state index is 12.2. The first-order valence-corrected chi connectivity index (χ1v) is 8.00. The van der Waals surface area contributed by atoms with Crippen molar-refractivity contribution >= 4 is 29.9 Å². The highest BCUT2D eigenvalue weighted by molar-refractivity contribution is 5.96. The molecule has 1 aliphatic carbocycles. The zero-order valence-corrected chi connectivity index (χ0v) is 14.6. The quantitative estimate of drug-likeness (QED) is 0.866. The van der Waals surface area contributed by atoms with Crippen LogP contribution in [0.2, 0.25) is 0 Å². The van der Waals surface area contributed by atoms with Gasteiger partial charge in [-0.25, -0.2) is 0 Å². The van der Waals surface area contributed by atoms with Crippen LogP contribution in [-0.4, -0.2) is 35.8 Å². The van der Waals surface area contributed by atoms with Crippen LogP contribution in [0.15, 0.2) is 24.3 Å². The van der Waals surface area contributed by atoms with Crippen molar-refractivity contribution in [1.29, 1.82) is 0 Å². The average molecular weight is 340 g/mol. The Kier molecular flexibility index (Phi) is 7.52. The minimum absolute atomic E-state index is 0. The molecule has 3 N–H and O–H groups in total. The van der Waals surface area contributed by atoms with Gasteiger partial charge in [-0.3, -0.25) is 9.59 Å². The summed E-state index contributed by atoms with van der Waals surface area (Å²) in [5.74, 6) is 0.0485. The van der Waals surface area contributed by atoms with E-state index in [0.717, 1.165) is 24.9 Å². The number of nitrogens with one attached hydrogen (secondary N) is 1. The number of halogens is 1. The van der Waals surface area contributed by atoms with E-state index in [4.69, 9.17) is 5.73 Å². The molecule has 5 nitrogen and oxygen atoms in total. The largest absolute Gasteiger partial charge is 0.339 e. The zero-order valence-electron chi connectivity index (χ0n) is 13.7. The number of hydrogen-bond acceptors (Lipinski definition) is 3. The number of carbonyl (C=O) groups is 2. The Labute approximate surface area is 144 Å². The van der Waals surface area contributed by atoms with Crippen LogP contribution in [0, 0.1) is 5.92 Å². The molecule has 0 spiro atoms. The summed E-state index contributed by atoms with van der Waals surface area (Å²) in [6.07, 6.45) is 2.52. The summed E-state index contributed by atoms with van der Waals surface area (Å²) in [5, 5.41) is 2.91. The highest BCUT2D eigenvalue weighted by atomic mass is 35.5. The van der Waals surface area contributed by atoms with Crippen molar-refractivity contribution in [3.8, 4) is 0 Å². The van der Waals surface area contributed by atoms with Crippen LogP contribution in [0.3, 0.4) is 0 Å². The van der Waals surface area contributed by atoms with Gasteiger partial charge in [0.25, 0.3) is 5.91 Å². The SMILES string of the molecule is CCN(CC)C(=O)c1ccc(NC(=O)C2CCC(N)C2)cc1.Cl. The molecule has 2 unspecified atom stereocenters. The lowest BCUT2D eigenvalue weighted by molar-refractivity contribution is -0.119.